The van der Waals surface area contributed by atoms with Crippen LogP contribution in [0.25, 0.3) is 6.08 Å². The first-order valence-corrected chi connectivity index (χ1v) is 5.84. The van der Waals surface area contributed by atoms with Crippen molar-refractivity contribution >= 4 is 17.8 Å². The third-order valence-corrected chi connectivity index (χ3v) is 2.29. The third-order valence-electron chi connectivity index (χ3n) is 2.29. The minimum Gasteiger partial charge on any atom is -0.493 e. The van der Waals surface area contributed by atoms with Crippen LogP contribution in [-0.2, 0) is 9.59 Å². The van der Waals surface area contributed by atoms with Crippen molar-refractivity contribution in [2.75, 3.05) is 13.7 Å². The summed E-state index contributed by atoms with van der Waals surface area (Å²) in [4.78, 5) is 21.3. The number of methoxy groups -OCH3 is 1. The standard InChI is InChI=1S/C14H16O5/c1-3-8-19-13-9-10(5-7-12(13)18-2)4-6-11(15)14(16)17/h4-7,9H,3,8H2,1-2H3,(H,16,17)/b6-4+. The lowest BCUT2D eigenvalue weighted by molar-refractivity contribution is -0.146. The van der Waals surface area contributed by atoms with Crippen molar-refractivity contribution in [1.82, 2.24) is 0 Å². The topological polar surface area (TPSA) is 72.8 Å². The zero-order valence-electron chi connectivity index (χ0n) is 10.9. The molecule has 0 aliphatic carbocycles. The van der Waals surface area contributed by atoms with Crippen molar-refractivity contribution in [3.8, 4) is 11.5 Å². The van der Waals surface area contributed by atoms with Gasteiger partial charge >= 0.3 is 5.97 Å². The second-order valence-corrected chi connectivity index (χ2v) is 3.76. The summed E-state index contributed by atoms with van der Waals surface area (Å²) in [5.41, 5.74) is 0.668. The maximum atomic E-state index is 11.0. The average molecular weight is 264 g/mol. The molecule has 5 heteroatoms. The van der Waals surface area contributed by atoms with Crippen LogP contribution in [0.2, 0.25) is 0 Å². The van der Waals surface area contributed by atoms with Crippen LogP contribution in [0.15, 0.2) is 24.3 Å². The highest BCUT2D eigenvalue weighted by Crippen LogP contribution is 2.28. The number of hydrogen-bond donors (Lipinski definition) is 1. The number of ketones is 1. The predicted octanol–water partition coefficient (Wildman–Crippen LogP) is 2.15. The molecule has 1 rings (SSSR count). The maximum absolute atomic E-state index is 11.0. The zero-order chi connectivity index (χ0) is 14.3. The van der Waals surface area contributed by atoms with Crippen LogP contribution >= 0.6 is 0 Å². The summed E-state index contributed by atoms with van der Waals surface area (Å²) in [7, 11) is 1.54. The molecule has 0 saturated carbocycles. The molecule has 0 radical (unpaired) electrons. The minimum atomic E-state index is -1.48. The van der Waals surface area contributed by atoms with Gasteiger partial charge in [-0.25, -0.2) is 4.79 Å². The lowest BCUT2D eigenvalue weighted by atomic mass is 10.1. The molecular formula is C14H16O5. The Morgan fingerprint density at radius 3 is 2.63 bits per heavy atom. The first kappa shape index (κ1) is 14.8. The fourth-order valence-corrected chi connectivity index (χ4v) is 1.36. The summed E-state index contributed by atoms with van der Waals surface area (Å²) in [5.74, 6) is -1.29. The first-order valence-electron chi connectivity index (χ1n) is 5.84. The summed E-state index contributed by atoms with van der Waals surface area (Å²) in [6.45, 7) is 2.54. The van der Waals surface area contributed by atoms with Crippen molar-refractivity contribution in [2.24, 2.45) is 0 Å². The molecule has 0 atom stereocenters. The van der Waals surface area contributed by atoms with Crippen LogP contribution < -0.4 is 9.47 Å². The molecule has 0 unspecified atom stereocenters. The van der Waals surface area contributed by atoms with Crippen molar-refractivity contribution in [2.45, 2.75) is 13.3 Å². The van der Waals surface area contributed by atoms with Crippen molar-refractivity contribution in [3.05, 3.63) is 29.8 Å². The van der Waals surface area contributed by atoms with Gasteiger partial charge in [-0.3, -0.25) is 4.79 Å². The fraction of sp³-hybridized carbons (Fsp3) is 0.286. The number of carbonyl (C=O) groups is 2. The van der Waals surface area contributed by atoms with E-state index in [2.05, 4.69) is 0 Å². The number of carboxylic acid groups (broad SMARTS) is 1. The number of ether oxygens (including phenoxy) is 2. The van der Waals surface area contributed by atoms with Gasteiger partial charge in [0.1, 0.15) is 0 Å². The van der Waals surface area contributed by atoms with Gasteiger partial charge in [0.25, 0.3) is 5.78 Å². The Kier molecular flexibility index (Phi) is 5.60. The Labute approximate surface area is 111 Å². The van der Waals surface area contributed by atoms with Gasteiger partial charge in [-0.05, 0) is 30.2 Å². The van der Waals surface area contributed by atoms with Gasteiger partial charge in [-0.15, -0.1) is 0 Å². The molecule has 0 fully saturated rings. The monoisotopic (exact) mass is 264 g/mol. The Morgan fingerprint density at radius 1 is 1.32 bits per heavy atom. The van der Waals surface area contributed by atoms with Gasteiger partial charge in [0.05, 0.1) is 13.7 Å². The average Bonchev–Trinajstić information content (AvgIpc) is 2.42. The molecule has 0 aliphatic heterocycles. The Hall–Kier alpha value is -2.30. The number of carboxylic acids is 1. The van der Waals surface area contributed by atoms with Crippen LogP contribution in [0, 0.1) is 0 Å². The number of hydrogen-bond acceptors (Lipinski definition) is 4. The fourth-order valence-electron chi connectivity index (χ4n) is 1.36. The zero-order valence-corrected chi connectivity index (χ0v) is 10.9. The lowest BCUT2D eigenvalue weighted by Gasteiger charge is -2.10. The Bertz CT molecular complexity index is 491. The summed E-state index contributed by atoms with van der Waals surface area (Å²) in [6.07, 6.45) is 3.29. The van der Waals surface area contributed by atoms with Gasteiger partial charge in [0.15, 0.2) is 11.5 Å². The van der Waals surface area contributed by atoms with Crippen molar-refractivity contribution < 1.29 is 24.2 Å². The van der Waals surface area contributed by atoms with Gasteiger partial charge in [-0.1, -0.05) is 19.1 Å². The molecule has 0 aromatic heterocycles. The highest BCUT2D eigenvalue weighted by atomic mass is 16.5. The minimum absolute atomic E-state index is 0.553. The van der Waals surface area contributed by atoms with Crippen LogP contribution in [-0.4, -0.2) is 30.6 Å². The normalized spacial score (nSPS) is 10.4. The summed E-state index contributed by atoms with van der Waals surface area (Å²) in [6, 6.07) is 5.11. The lowest BCUT2D eigenvalue weighted by Crippen LogP contribution is -2.08. The highest BCUT2D eigenvalue weighted by Gasteiger charge is 2.07. The molecule has 1 N–H and O–H groups in total. The smallest absolute Gasteiger partial charge is 0.376 e. The summed E-state index contributed by atoms with van der Waals surface area (Å²) >= 11 is 0. The van der Waals surface area contributed by atoms with Gasteiger partial charge in [0, 0.05) is 0 Å². The van der Waals surface area contributed by atoms with Gasteiger partial charge < -0.3 is 14.6 Å². The van der Waals surface area contributed by atoms with E-state index in [0.717, 1.165) is 12.5 Å². The molecule has 0 spiro atoms. The molecule has 0 amide bonds. The molecule has 0 aliphatic rings. The Balaban J connectivity index is 2.91. The van der Waals surface area contributed by atoms with E-state index in [4.69, 9.17) is 14.6 Å². The summed E-state index contributed by atoms with van der Waals surface area (Å²) in [5, 5.41) is 8.47. The molecule has 0 saturated heterocycles. The molecular weight excluding hydrogens is 248 g/mol. The number of benzene rings is 1. The second-order valence-electron chi connectivity index (χ2n) is 3.76. The first-order chi connectivity index (χ1) is 9.08. The van der Waals surface area contributed by atoms with E-state index < -0.39 is 11.8 Å². The number of carbonyl (C=O) groups excluding carboxylic acids is 1. The van der Waals surface area contributed by atoms with E-state index >= 15 is 0 Å². The van der Waals surface area contributed by atoms with E-state index in [-0.39, 0.29) is 0 Å². The highest BCUT2D eigenvalue weighted by molar-refractivity contribution is 6.38. The molecule has 5 nitrogen and oxygen atoms in total. The van der Waals surface area contributed by atoms with E-state index in [1.165, 1.54) is 13.2 Å². The molecule has 0 bridgehead atoms. The van der Waals surface area contributed by atoms with Crippen LogP contribution in [0.1, 0.15) is 18.9 Å². The van der Waals surface area contributed by atoms with Gasteiger partial charge in [-0.2, -0.15) is 0 Å². The van der Waals surface area contributed by atoms with Crippen LogP contribution in [0.4, 0.5) is 0 Å². The second kappa shape index (κ2) is 7.20. The quantitative estimate of drug-likeness (QED) is 0.603. The van der Waals surface area contributed by atoms with Gasteiger partial charge in [0.2, 0.25) is 0 Å². The van der Waals surface area contributed by atoms with Crippen LogP contribution in [0.5, 0.6) is 11.5 Å². The molecule has 1 aromatic rings. The molecule has 1 aromatic carbocycles. The van der Waals surface area contributed by atoms with Crippen LogP contribution in [0.3, 0.4) is 0 Å². The molecule has 19 heavy (non-hydrogen) atoms. The van der Waals surface area contributed by atoms with E-state index in [1.54, 1.807) is 18.2 Å². The Morgan fingerprint density at radius 2 is 2.05 bits per heavy atom. The molecule has 102 valence electrons. The maximum Gasteiger partial charge on any atom is 0.376 e. The molecule has 0 heterocycles. The summed E-state index contributed by atoms with van der Waals surface area (Å²) < 4.78 is 10.7. The predicted molar refractivity (Wildman–Crippen MR) is 70.5 cm³/mol. The number of rotatable bonds is 7. The van der Waals surface area contributed by atoms with E-state index in [9.17, 15) is 9.59 Å². The largest absolute Gasteiger partial charge is 0.493 e. The van der Waals surface area contributed by atoms with E-state index in [0.29, 0.717) is 23.7 Å². The number of aliphatic carboxylic acids is 1. The SMILES string of the molecule is CCCOc1cc(/C=C/C(=O)C(=O)O)ccc1OC. The van der Waals surface area contributed by atoms with Crippen molar-refractivity contribution in [1.29, 1.82) is 0 Å². The van der Waals surface area contributed by atoms with Crippen molar-refractivity contribution in [3.63, 3.8) is 0 Å². The third kappa shape index (κ3) is 4.46. The van der Waals surface area contributed by atoms with E-state index in [1.807, 2.05) is 6.92 Å².